The number of likely N-dealkylation sites (tertiary alicyclic amines) is 2. The fourth-order valence-electron chi connectivity index (χ4n) is 4.91. The minimum absolute atomic E-state index is 0.0947. The van der Waals surface area contributed by atoms with Crippen molar-refractivity contribution in [1.29, 1.82) is 0 Å². The molecule has 49 heavy (non-hydrogen) atoms. The summed E-state index contributed by atoms with van der Waals surface area (Å²) in [7, 11) is 0. The van der Waals surface area contributed by atoms with Crippen LogP contribution in [0.4, 0.5) is 23.3 Å². The van der Waals surface area contributed by atoms with E-state index in [1.54, 1.807) is 0 Å². The number of piperidine rings is 2. The highest BCUT2D eigenvalue weighted by atomic mass is 35.5. The van der Waals surface area contributed by atoms with Gasteiger partial charge in [-0.25, -0.2) is 34.9 Å². The summed E-state index contributed by atoms with van der Waals surface area (Å²) >= 11 is 11.7. The number of aromatic nitrogens is 4. The Morgan fingerprint density at radius 3 is 1.55 bits per heavy atom. The first-order valence-corrected chi connectivity index (χ1v) is 15.5. The van der Waals surface area contributed by atoms with Crippen molar-refractivity contribution in [3.8, 4) is 0 Å². The van der Waals surface area contributed by atoms with Gasteiger partial charge in [-0.1, -0.05) is 29.8 Å². The third-order valence-electron chi connectivity index (χ3n) is 7.36. The molecule has 0 saturated carbocycles. The first-order chi connectivity index (χ1) is 23.2. The van der Waals surface area contributed by atoms with Gasteiger partial charge in [0.15, 0.2) is 56.9 Å². The molecule has 2 aromatic heterocycles. The van der Waals surface area contributed by atoms with E-state index in [0.717, 1.165) is 6.34 Å². The lowest BCUT2D eigenvalue weighted by Gasteiger charge is -2.34. The SMILES string of the molecule is C=C(N=C(N=CN)N1CCC(N=C(N)NC(=O)c2nc(Cl)c(N)nc2N)CC1)N1CCC(N=C(N)NC(=O)c2nc(Cl)c(N)nc2N)CC1. The molecule has 0 radical (unpaired) electrons. The van der Waals surface area contributed by atoms with Crippen LogP contribution in [0.25, 0.3) is 0 Å². The van der Waals surface area contributed by atoms with Gasteiger partial charge in [0, 0.05) is 26.2 Å². The summed E-state index contributed by atoms with van der Waals surface area (Å²) < 4.78 is 0. The van der Waals surface area contributed by atoms with E-state index in [1.165, 1.54) is 0 Å². The number of aliphatic imine (C=N–C) groups is 4. The Labute approximate surface area is 290 Å². The Balaban J connectivity index is 1.28. The van der Waals surface area contributed by atoms with E-state index in [-0.39, 0.29) is 69.0 Å². The summed E-state index contributed by atoms with van der Waals surface area (Å²) in [6, 6.07) is -0.354. The monoisotopic (exact) mass is 717 g/mol. The Kier molecular flexibility index (Phi) is 11.7. The summed E-state index contributed by atoms with van der Waals surface area (Å²) in [5.41, 5.74) is 39.7. The molecule has 2 aliphatic heterocycles. The molecule has 2 saturated heterocycles. The molecule has 2 fully saturated rings. The van der Waals surface area contributed by atoms with Gasteiger partial charge < -0.3 is 49.9 Å². The van der Waals surface area contributed by atoms with Gasteiger partial charge in [0.2, 0.25) is 5.96 Å². The number of carbonyl (C=O) groups is 2. The van der Waals surface area contributed by atoms with Gasteiger partial charge in [0.1, 0.15) is 5.82 Å². The van der Waals surface area contributed by atoms with E-state index in [1.807, 2.05) is 9.80 Å². The van der Waals surface area contributed by atoms with E-state index in [4.69, 9.17) is 63.3 Å². The van der Waals surface area contributed by atoms with Gasteiger partial charge in [-0.3, -0.25) is 20.2 Å². The molecule has 0 aromatic carbocycles. The summed E-state index contributed by atoms with van der Waals surface area (Å²) in [5.74, 6) is -1.33. The van der Waals surface area contributed by atoms with Crippen LogP contribution in [0.15, 0.2) is 32.4 Å². The molecule has 2 amide bonds. The number of hydrogen-bond acceptors (Lipinski definition) is 14. The van der Waals surface area contributed by atoms with E-state index >= 15 is 0 Å². The number of guanidine groups is 3. The second-order valence-corrected chi connectivity index (χ2v) is 11.5. The van der Waals surface area contributed by atoms with E-state index in [2.05, 4.69) is 57.1 Å². The molecule has 0 atom stereocenters. The predicted molar refractivity (Wildman–Crippen MR) is 188 cm³/mol. The summed E-state index contributed by atoms with van der Waals surface area (Å²) in [6.45, 7) is 6.34. The van der Waals surface area contributed by atoms with E-state index in [0.29, 0.717) is 63.6 Å². The van der Waals surface area contributed by atoms with Crippen molar-refractivity contribution in [2.45, 2.75) is 37.8 Å². The van der Waals surface area contributed by atoms with Gasteiger partial charge in [-0.2, -0.15) is 4.99 Å². The predicted octanol–water partition coefficient (Wildman–Crippen LogP) is -1.57. The standard InChI is InChI=1S/C26H37Cl2N19O2/c1-11(46-6-2-12(3-7-46)38-24(34)44-22(48)14-18(30)42-20(32)16(27)40-14)37-26(36-10-29)47-8-4-13(5-9-47)39-25(35)45-23(49)15-19(31)43-21(33)17(28)41-15/h10,12-13H,1-9H2,(H2,29,36,37)(H4,30,32,42)(H4,31,33,43)(H3,34,38,44,48)(H3,35,39,45,49). The topological polar surface area (TPSA) is 348 Å². The Morgan fingerprint density at radius 2 is 1.14 bits per heavy atom. The molecule has 4 heterocycles. The van der Waals surface area contributed by atoms with Gasteiger partial charge in [-0.05, 0) is 25.7 Å². The lowest BCUT2D eigenvalue weighted by molar-refractivity contribution is 0.0963. The lowest BCUT2D eigenvalue weighted by Crippen LogP contribution is -2.43. The lowest BCUT2D eigenvalue weighted by atomic mass is 10.1. The smallest absolute Gasteiger partial charge is 0.280 e. The third-order valence-corrected chi connectivity index (χ3v) is 7.92. The van der Waals surface area contributed by atoms with Crippen LogP contribution in [-0.4, -0.2) is 104 Å². The molecule has 0 unspecified atom stereocenters. The second kappa shape index (κ2) is 15.9. The molecule has 262 valence electrons. The van der Waals surface area contributed by atoms with Crippen molar-refractivity contribution in [1.82, 2.24) is 40.4 Å². The minimum Gasteiger partial charge on any atom is -0.390 e. The molecule has 0 bridgehead atoms. The summed E-state index contributed by atoms with van der Waals surface area (Å²) in [6.07, 6.45) is 3.56. The third kappa shape index (κ3) is 9.44. The zero-order chi connectivity index (χ0) is 35.8. The van der Waals surface area contributed by atoms with Gasteiger partial charge in [0.05, 0.1) is 18.4 Å². The van der Waals surface area contributed by atoms with Crippen molar-refractivity contribution < 1.29 is 9.59 Å². The highest BCUT2D eigenvalue weighted by molar-refractivity contribution is 6.32. The quantitative estimate of drug-likeness (QED) is 0.120. The largest absolute Gasteiger partial charge is 0.390 e. The Hall–Kier alpha value is -5.70. The maximum absolute atomic E-state index is 12.5. The van der Waals surface area contributed by atoms with Crippen molar-refractivity contribution in [2.75, 3.05) is 49.1 Å². The molecule has 21 nitrogen and oxygen atoms in total. The van der Waals surface area contributed by atoms with Gasteiger partial charge in [0.25, 0.3) is 11.8 Å². The number of nitrogens with one attached hydrogen (secondary N) is 2. The Morgan fingerprint density at radius 1 is 0.735 bits per heavy atom. The number of carbonyl (C=O) groups excluding carboxylic acids is 2. The van der Waals surface area contributed by atoms with Crippen LogP contribution in [0, 0.1) is 0 Å². The Bertz CT molecular complexity index is 1710. The van der Waals surface area contributed by atoms with Gasteiger partial charge in [-0.15, -0.1) is 0 Å². The van der Waals surface area contributed by atoms with Crippen molar-refractivity contribution in [3.63, 3.8) is 0 Å². The molecule has 16 N–H and O–H groups in total. The van der Waals surface area contributed by atoms with E-state index < -0.39 is 11.8 Å². The van der Waals surface area contributed by atoms with Crippen LogP contribution in [0.3, 0.4) is 0 Å². The number of nitrogen functional groups attached to an aromatic ring is 4. The number of hydrogen-bond donors (Lipinski definition) is 9. The molecule has 0 spiro atoms. The van der Waals surface area contributed by atoms with Crippen molar-refractivity contribution in [3.05, 3.63) is 34.1 Å². The molecule has 2 aliphatic rings. The van der Waals surface area contributed by atoms with Crippen molar-refractivity contribution in [2.24, 2.45) is 37.2 Å². The number of nitrogens with zero attached hydrogens (tertiary/aromatic N) is 10. The number of halogens is 2. The molecule has 23 heteroatoms. The number of nitrogens with two attached hydrogens (primary N) is 7. The van der Waals surface area contributed by atoms with Crippen LogP contribution >= 0.6 is 23.2 Å². The van der Waals surface area contributed by atoms with E-state index in [9.17, 15) is 9.59 Å². The average molecular weight is 719 g/mol. The molecule has 0 aliphatic carbocycles. The molecular weight excluding hydrogens is 681 g/mol. The number of amides is 2. The second-order valence-electron chi connectivity index (χ2n) is 10.7. The summed E-state index contributed by atoms with van der Waals surface area (Å²) in [5, 5.41) is 4.57. The fourth-order valence-corrected chi connectivity index (χ4v) is 5.16. The number of rotatable bonds is 6. The molecular formula is C26H37Cl2N19O2. The minimum atomic E-state index is -0.720. The van der Waals surface area contributed by atoms with Crippen LogP contribution in [0.2, 0.25) is 10.3 Å². The van der Waals surface area contributed by atoms with Crippen LogP contribution in [0.1, 0.15) is 46.7 Å². The molecule has 4 rings (SSSR count). The zero-order valence-electron chi connectivity index (χ0n) is 26.2. The normalized spacial score (nSPS) is 17.0. The first-order valence-electron chi connectivity index (χ1n) is 14.7. The van der Waals surface area contributed by atoms with Crippen LogP contribution in [-0.2, 0) is 0 Å². The fraction of sp³-hybridized carbons (Fsp3) is 0.385. The zero-order valence-corrected chi connectivity index (χ0v) is 27.7. The van der Waals surface area contributed by atoms with Gasteiger partial charge >= 0.3 is 0 Å². The average Bonchev–Trinajstić information content (AvgIpc) is 3.04. The highest BCUT2D eigenvalue weighted by Gasteiger charge is 2.25. The van der Waals surface area contributed by atoms with Crippen molar-refractivity contribution >= 4 is 82.5 Å². The maximum atomic E-state index is 12.5. The van der Waals surface area contributed by atoms with Crippen LogP contribution in [0.5, 0.6) is 0 Å². The maximum Gasteiger partial charge on any atom is 0.280 e. The number of anilines is 4. The first kappa shape index (κ1) is 36.1. The summed E-state index contributed by atoms with van der Waals surface area (Å²) in [4.78, 5) is 62.0. The molecule has 2 aromatic rings. The highest BCUT2D eigenvalue weighted by Crippen LogP contribution is 2.21. The van der Waals surface area contributed by atoms with Crippen LogP contribution < -0.4 is 50.8 Å².